The van der Waals surface area contributed by atoms with Gasteiger partial charge in [0.1, 0.15) is 0 Å². The van der Waals surface area contributed by atoms with Crippen molar-refractivity contribution in [2.24, 2.45) is 16.7 Å². The van der Waals surface area contributed by atoms with E-state index in [0.29, 0.717) is 5.92 Å². The topological polar surface area (TPSA) is 66.8 Å². The molecule has 0 aromatic heterocycles. The molecular formula is C10H19O4P. The molecule has 0 amide bonds. The van der Waals surface area contributed by atoms with E-state index in [-0.39, 0.29) is 16.9 Å². The Balaban J connectivity index is 2.23. The Labute approximate surface area is 90.3 Å². The average molecular weight is 234 g/mol. The van der Waals surface area contributed by atoms with Crippen molar-refractivity contribution in [1.82, 2.24) is 0 Å². The molecule has 3 unspecified atom stereocenters. The summed E-state index contributed by atoms with van der Waals surface area (Å²) in [5.41, 5.74) is 0.0472. The van der Waals surface area contributed by atoms with E-state index in [2.05, 4.69) is 20.8 Å². The molecule has 0 radical (unpaired) electrons. The molecule has 0 saturated heterocycles. The van der Waals surface area contributed by atoms with Gasteiger partial charge in [-0.1, -0.05) is 20.8 Å². The van der Waals surface area contributed by atoms with Crippen molar-refractivity contribution < 1.29 is 18.9 Å². The minimum Gasteiger partial charge on any atom is -0.303 e. The van der Waals surface area contributed by atoms with Crippen molar-refractivity contribution in [1.29, 1.82) is 0 Å². The molecule has 4 nitrogen and oxygen atoms in total. The first-order valence-corrected chi connectivity index (χ1v) is 6.94. The van der Waals surface area contributed by atoms with E-state index in [4.69, 9.17) is 14.3 Å². The molecule has 2 saturated carbocycles. The molecule has 5 heteroatoms. The number of hydrogen-bond acceptors (Lipinski definition) is 2. The minimum absolute atomic E-state index is 0.0845. The Bertz CT molecular complexity index is 321. The van der Waals surface area contributed by atoms with Gasteiger partial charge in [-0.25, -0.2) is 4.57 Å². The fraction of sp³-hybridized carbons (Fsp3) is 1.00. The smallest absolute Gasteiger partial charge is 0.303 e. The van der Waals surface area contributed by atoms with Crippen LogP contribution in [0.15, 0.2) is 0 Å². The lowest BCUT2D eigenvalue weighted by Crippen LogP contribution is -2.36. The van der Waals surface area contributed by atoms with Gasteiger partial charge in [0.2, 0.25) is 0 Å². The van der Waals surface area contributed by atoms with Crippen LogP contribution in [0.2, 0.25) is 0 Å². The summed E-state index contributed by atoms with van der Waals surface area (Å²) in [7, 11) is -4.34. The van der Waals surface area contributed by atoms with Gasteiger partial charge in [-0.05, 0) is 36.0 Å². The van der Waals surface area contributed by atoms with Gasteiger partial charge in [0.15, 0.2) is 0 Å². The summed E-state index contributed by atoms with van der Waals surface area (Å²) in [6.07, 6.45) is 2.67. The van der Waals surface area contributed by atoms with Gasteiger partial charge in [-0.3, -0.25) is 4.52 Å². The van der Waals surface area contributed by atoms with Crippen molar-refractivity contribution in [2.45, 2.75) is 46.1 Å². The van der Waals surface area contributed by atoms with Gasteiger partial charge in [-0.15, -0.1) is 0 Å². The standard InChI is InChI=1S/C10H19O4P/c1-9(2)7-4-5-10(9,3)8(6-7)14-15(11,12)13/h7-8H,4-6H2,1-3H3,(H2,11,12,13). The number of phosphoric ester groups is 1. The molecule has 2 N–H and O–H groups in total. The second-order valence-electron chi connectivity index (χ2n) is 5.70. The van der Waals surface area contributed by atoms with Crippen LogP contribution in [0, 0.1) is 16.7 Å². The normalized spacial score (nSPS) is 43.5. The van der Waals surface area contributed by atoms with Crippen molar-refractivity contribution in [3.8, 4) is 0 Å². The van der Waals surface area contributed by atoms with Crippen LogP contribution in [0.4, 0.5) is 0 Å². The van der Waals surface area contributed by atoms with E-state index in [1.807, 2.05) is 0 Å². The molecule has 0 spiro atoms. The molecule has 2 aliphatic rings. The lowest BCUT2D eigenvalue weighted by molar-refractivity contribution is 0.0108. The largest absolute Gasteiger partial charge is 0.469 e. The van der Waals surface area contributed by atoms with Crippen molar-refractivity contribution in [3.05, 3.63) is 0 Å². The molecule has 2 aliphatic carbocycles. The Morgan fingerprint density at radius 2 is 1.93 bits per heavy atom. The fourth-order valence-electron chi connectivity index (χ4n) is 3.46. The quantitative estimate of drug-likeness (QED) is 0.719. The van der Waals surface area contributed by atoms with Crippen molar-refractivity contribution in [3.63, 3.8) is 0 Å². The van der Waals surface area contributed by atoms with E-state index in [9.17, 15) is 4.57 Å². The first kappa shape index (κ1) is 11.6. The highest BCUT2D eigenvalue weighted by molar-refractivity contribution is 7.46. The summed E-state index contributed by atoms with van der Waals surface area (Å²) < 4.78 is 15.8. The molecular weight excluding hydrogens is 215 g/mol. The van der Waals surface area contributed by atoms with Gasteiger partial charge in [0.05, 0.1) is 6.10 Å². The molecule has 0 aromatic carbocycles. The third-order valence-corrected chi connectivity index (χ3v) is 5.51. The summed E-state index contributed by atoms with van der Waals surface area (Å²) in [5.74, 6) is 0.541. The predicted molar refractivity (Wildman–Crippen MR) is 56.1 cm³/mol. The Morgan fingerprint density at radius 1 is 1.33 bits per heavy atom. The molecule has 2 rings (SSSR count). The summed E-state index contributed by atoms with van der Waals surface area (Å²) in [4.78, 5) is 17.8. The lowest BCUT2D eigenvalue weighted by Gasteiger charge is -2.38. The molecule has 2 fully saturated rings. The number of phosphoric acid groups is 1. The van der Waals surface area contributed by atoms with Gasteiger partial charge in [-0.2, -0.15) is 0 Å². The summed E-state index contributed by atoms with van der Waals surface area (Å²) in [6, 6.07) is 0. The van der Waals surface area contributed by atoms with Crippen molar-refractivity contribution in [2.75, 3.05) is 0 Å². The molecule has 3 atom stereocenters. The van der Waals surface area contributed by atoms with Gasteiger partial charge in [0.25, 0.3) is 0 Å². The number of hydrogen-bond donors (Lipinski definition) is 2. The Hall–Kier alpha value is 0.110. The maximum absolute atomic E-state index is 10.9. The number of rotatable bonds is 2. The van der Waals surface area contributed by atoms with Crippen molar-refractivity contribution >= 4 is 7.82 Å². The minimum atomic E-state index is -4.34. The summed E-state index contributed by atoms with van der Waals surface area (Å²) >= 11 is 0. The molecule has 15 heavy (non-hydrogen) atoms. The zero-order valence-corrected chi connectivity index (χ0v) is 10.3. The van der Waals surface area contributed by atoms with Crippen LogP contribution >= 0.6 is 7.82 Å². The predicted octanol–water partition coefficient (Wildman–Crippen LogP) is 2.31. The van der Waals surface area contributed by atoms with E-state index in [1.165, 1.54) is 0 Å². The molecule has 2 bridgehead atoms. The van der Waals surface area contributed by atoms with E-state index < -0.39 is 7.82 Å². The zero-order chi connectivity index (χ0) is 11.5. The first-order valence-electron chi connectivity index (χ1n) is 5.41. The average Bonchev–Trinajstić information content (AvgIpc) is 2.34. The summed E-state index contributed by atoms with van der Waals surface area (Å²) in [5, 5.41) is 0. The van der Waals surface area contributed by atoms with E-state index in [1.54, 1.807) is 0 Å². The van der Waals surface area contributed by atoms with Crippen LogP contribution in [0.5, 0.6) is 0 Å². The molecule has 0 aromatic rings. The SMILES string of the molecule is CC1(C)C2CCC1(C)C(OP(=O)(O)O)C2. The third kappa shape index (κ3) is 1.59. The maximum Gasteiger partial charge on any atom is 0.469 e. The van der Waals surface area contributed by atoms with Crippen LogP contribution in [-0.2, 0) is 9.09 Å². The van der Waals surface area contributed by atoms with Gasteiger partial charge in [0, 0.05) is 0 Å². The second-order valence-corrected chi connectivity index (χ2v) is 6.89. The van der Waals surface area contributed by atoms with Gasteiger partial charge >= 0.3 is 7.82 Å². The highest BCUT2D eigenvalue weighted by Crippen LogP contribution is 2.67. The third-order valence-electron chi connectivity index (χ3n) is 4.98. The first-order chi connectivity index (χ1) is 6.67. The van der Waals surface area contributed by atoms with Crippen LogP contribution in [0.1, 0.15) is 40.0 Å². The van der Waals surface area contributed by atoms with Gasteiger partial charge < -0.3 is 9.79 Å². The molecule has 88 valence electrons. The van der Waals surface area contributed by atoms with E-state index >= 15 is 0 Å². The monoisotopic (exact) mass is 234 g/mol. The highest BCUT2D eigenvalue weighted by Gasteiger charge is 2.62. The zero-order valence-electron chi connectivity index (χ0n) is 9.43. The maximum atomic E-state index is 10.9. The second kappa shape index (κ2) is 3.07. The van der Waals surface area contributed by atoms with Crippen LogP contribution in [0.3, 0.4) is 0 Å². The van der Waals surface area contributed by atoms with Crippen LogP contribution in [0.25, 0.3) is 0 Å². The fourth-order valence-corrected chi connectivity index (χ4v) is 4.11. The Kier molecular flexibility index (Phi) is 2.37. The number of fused-ring (bicyclic) bond motifs is 2. The lowest BCUT2D eigenvalue weighted by atomic mass is 9.70. The summed E-state index contributed by atoms with van der Waals surface area (Å²) in [6.45, 7) is 6.47. The highest BCUT2D eigenvalue weighted by atomic mass is 31.2. The van der Waals surface area contributed by atoms with Crippen LogP contribution < -0.4 is 0 Å². The Morgan fingerprint density at radius 3 is 2.27 bits per heavy atom. The molecule has 0 heterocycles. The van der Waals surface area contributed by atoms with E-state index in [0.717, 1.165) is 19.3 Å². The molecule has 0 aliphatic heterocycles. The van der Waals surface area contributed by atoms with Crippen LogP contribution in [-0.4, -0.2) is 15.9 Å².